The summed E-state index contributed by atoms with van der Waals surface area (Å²) < 4.78 is 0. The maximum absolute atomic E-state index is 4.72. The van der Waals surface area contributed by atoms with Gasteiger partial charge in [-0.15, -0.1) is 0 Å². The van der Waals surface area contributed by atoms with Crippen molar-refractivity contribution in [3.05, 3.63) is 12.1 Å². The molecule has 0 bridgehead atoms. The molecule has 8 nitrogen and oxygen atoms in total. The zero-order valence-corrected chi connectivity index (χ0v) is 14.8. The third-order valence-corrected chi connectivity index (χ3v) is 3.73. The minimum Gasteiger partial charge on any atom is -0.370 e. The summed E-state index contributed by atoms with van der Waals surface area (Å²) in [5.74, 6) is 3.05. The largest absolute Gasteiger partial charge is 0.370 e. The molecule has 0 aliphatic carbocycles. The highest BCUT2D eigenvalue weighted by Gasteiger charge is 2.14. The molecule has 2 aromatic heterocycles. The van der Waals surface area contributed by atoms with Crippen molar-refractivity contribution in [2.45, 2.75) is 0 Å². The smallest absolute Gasteiger partial charge is 0.171 e. The van der Waals surface area contributed by atoms with Crippen LogP contribution >= 0.6 is 0 Å². The first kappa shape index (κ1) is 16.0. The van der Waals surface area contributed by atoms with Gasteiger partial charge in [-0.1, -0.05) is 0 Å². The standard InChI is InChI=1S/C16H22N8/c1-17-13-15(23(3)4)21-11-8-12-10(7-9(11)19-13)20-14(18-2)16(22-12)24(5)6/h7-8H,1-6H3,(H,17,19)(H,18,20). The second kappa shape index (κ2) is 5.95. The van der Waals surface area contributed by atoms with Gasteiger partial charge in [-0.05, 0) is 12.1 Å². The number of nitrogens with zero attached hydrogens (tertiary/aromatic N) is 6. The maximum Gasteiger partial charge on any atom is 0.171 e. The quantitative estimate of drug-likeness (QED) is 0.702. The van der Waals surface area contributed by atoms with Gasteiger partial charge in [0.1, 0.15) is 0 Å². The van der Waals surface area contributed by atoms with Crippen LogP contribution in [0.15, 0.2) is 12.1 Å². The molecule has 1 aromatic carbocycles. The van der Waals surface area contributed by atoms with Crippen LogP contribution in [-0.2, 0) is 0 Å². The lowest BCUT2D eigenvalue weighted by Gasteiger charge is -2.17. The second-order valence-electron chi connectivity index (χ2n) is 5.91. The molecule has 126 valence electrons. The van der Waals surface area contributed by atoms with Crippen LogP contribution < -0.4 is 20.4 Å². The molecule has 0 saturated heterocycles. The summed E-state index contributed by atoms with van der Waals surface area (Å²) in [6, 6.07) is 3.86. The van der Waals surface area contributed by atoms with Crippen LogP contribution in [0.3, 0.4) is 0 Å². The Balaban J connectivity index is 2.31. The average molecular weight is 326 g/mol. The first-order valence-electron chi connectivity index (χ1n) is 7.68. The van der Waals surface area contributed by atoms with E-state index in [1.165, 1.54) is 0 Å². The Bertz CT molecular complexity index is 833. The van der Waals surface area contributed by atoms with Gasteiger partial charge >= 0.3 is 0 Å². The third kappa shape index (κ3) is 2.60. The van der Waals surface area contributed by atoms with E-state index < -0.39 is 0 Å². The molecule has 0 radical (unpaired) electrons. The van der Waals surface area contributed by atoms with E-state index in [-0.39, 0.29) is 0 Å². The lowest BCUT2D eigenvalue weighted by molar-refractivity contribution is 1.06. The van der Waals surface area contributed by atoms with Gasteiger partial charge in [0.2, 0.25) is 0 Å². The fourth-order valence-electron chi connectivity index (χ4n) is 2.55. The molecular weight excluding hydrogens is 304 g/mol. The number of hydrogen-bond donors (Lipinski definition) is 2. The van der Waals surface area contributed by atoms with E-state index in [2.05, 4.69) is 20.6 Å². The first-order valence-corrected chi connectivity index (χ1v) is 7.68. The number of anilines is 4. The monoisotopic (exact) mass is 326 g/mol. The summed E-state index contributed by atoms with van der Waals surface area (Å²) in [6.45, 7) is 0. The Morgan fingerprint density at radius 3 is 1.25 bits per heavy atom. The van der Waals surface area contributed by atoms with E-state index >= 15 is 0 Å². The summed E-state index contributed by atoms with van der Waals surface area (Å²) in [4.78, 5) is 22.6. The van der Waals surface area contributed by atoms with E-state index in [0.29, 0.717) is 0 Å². The molecule has 3 aromatic rings. The molecule has 0 spiro atoms. The molecule has 0 unspecified atom stereocenters. The Labute approximate surface area is 140 Å². The molecule has 0 amide bonds. The minimum absolute atomic E-state index is 0.735. The molecule has 0 aliphatic rings. The Kier molecular flexibility index (Phi) is 3.96. The van der Waals surface area contributed by atoms with E-state index in [1.807, 2.05) is 64.2 Å². The van der Waals surface area contributed by atoms with Crippen molar-refractivity contribution >= 4 is 45.3 Å². The fourth-order valence-corrected chi connectivity index (χ4v) is 2.55. The van der Waals surface area contributed by atoms with E-state index in [9.17, 15) is 0 Å². The highest BCUT2D eigenvalue weighted by atomic mass is 15.2. The zero-order valence-electron chi connectivity index (χ0n) is 14.8. The van der Waals surface area contributed by atoms with Gasteiger partial charge < -0.3 is 20.4 Å². The SMILES string of the molecule is CNc1nc2cc3nc(NC)c(N(C)C)nc3cc2nc1N(C)C. The molecule has 2 heterocycles. The van der Waals surface area contributed by atoms with E-state index in [4.69, 9.17) is 9.97 Å². The van der Waals surface area contributed by atoms with Gasteiger partial charge in [0.05, 0.1) is 22.1 Å². The summed E-state index contributed by atoms with van der Waals surface area (Å²) in [5, 5.41) is 6.19. The lowest BCUT2D eigenvalue weighted by atomic mass is 10.2. The first-order chi connectivity index (χ1) is 11.4. The molecule has 0 fully saturated rings. The Morgan fingerprint density at radius 1 is 0.625 bits per heavy atom. The minimum atomic E-state index is 0.735. The second-order valence-corrected chi connectivity index (χ2v) is 5.91. The predicted molar refractivity (Wildman–Crippen MR) is 100 cm³/mol. The van der Waals surface area contributed by atoms with Crippen molar-refractivity contribution < 1.29 is 0 Å². The molecule has 0 atom stereocenters. The summed E-state index contributed by atoms with van der Waals surface area (Å²) in [6.07, 6.45) is 0. The normalized spacial score (nSPS) is 10.9. The van der Waals surface area contributed by atoms with Crippen LogP contribution in [0.25, 0.3) is 22.1 Å². The van der Waals surface area contributed by atoms with Crippen molar-refractivity contribution in [3.8, 4) is 0 Å². The number of benzene rings is 1. The molecular formula is C16H22N8. The highest BCUT2D eigenvalue weighted by molar-refractivity contribution is 5.94. The predicted octanol–water partition coefficient (Wildman–Crippen LogP) is 1.79. The molecule has 2 N–H and O–H groups in total. The van der Waals surface area contributed by atoms with Crippen LogP contribution in [0, 0.1) is 0 Å². The van der Waals surface area contributed by atoms with Crippen molar-refractivity contribution in [1.29, 1.82) is 0 Å². The Morgan fingerprint density at radius 2 is 0.958 bits per heavy atom. The number of fused-ring (bicyclic) bond motifs is 2. The van der Waals surface area contributed by atoms with Crippen LogP contribution in [0.5, 0.6) is 0 Å². The van der Waals surface area contributed by atoms with Gasteiger partial charge in [0.25, 0.3) is 0 Å². The van der Waals surface area contributed by atoms with Gasteiger partial charge in [-0.25, -0.2) is 19.9 Å². The summed E-state index contributed by atoms with van der Waals surface area (Å²) >= 11 is 0. The van der Waals surface area contributed by atoms with Crippen molar-refractivity contribution in [3.63, 3.8) is 0 Å². The highest BCUT2D eigenvalue weighted by Crippen LogP contribution is 2.28. The molecule has 0 saturated carbocycles. The van der Waals surface area contributed by atoms with Crippen molar-refractivity contribution in [2.24, 2.45) is 0 Å². The van der Waals surface area contributed by atoms with E-state index in [0.717, 1.165) is 45.3 Å². The number of rotatable bonds is 4. The van der Waals surface area contributed by atoms with Gasteiger partial charge in [-0.3, -0.25) is 0 Å². The lowest BCUT2D eigenvalue weighted by Crippen LogP contribution is -2.15. The molecule has 8 heteroatoms. The number of hydrogen-bond acceptors (Lipinski definition) is 8. The van der Waals surface area contributed by atoms with Gasteiger partial charge in [0, 0.05) is 42.3 Å². The van der Waals surface area contributed by atoms with Crippen LogP contribution in [0.4, 0.5) is 23.3 Å². The maximum atomic E-state index is 4.72. The van der Waals surface area contributed by atoms with Gasteiger partial charge in [0.15, 0.2) is 23.3 Å². The number of aromatic nitrogens is 4. The van der Waals surface area contributed by atoms with Crippen molar-refractivity contribution in [2.75, 3.05) is 62.7 Å². The molecule has 24 heavy (non-hydrogen) atoms. The molecule has 0 aliphatic heterocycles. The summed E-state index contributed by atoms with van der Waals surface area (Å²) in [5.41, 5.74) is 3.15. The van der Waals surface area contributed by atoms with Gasteiger partial charge in [-0.2, -0.15) is 0 Å². The van der Waals surface area contributed by atoms with Crippen LogP contribution in [-0.4, -0.2) is 62.2 Å². The molecule has 3 rings (SSSR count). The van der Waals surface area contributed by atoms with Crippen LogP contribution in [0.1, 0.15) is 0 Å². The topological polar surface area (TPSA) is 82.1 Å². The summed E-state index contributed by atoms with van der Waals surface area (Å²) in [7, 11) is 11.5. The zero-order chi connectivity index (χ0) is 17.4. The fraction of sp³-hybridized carbons (Fsp3) is 0.375. The third-order valence-electron chi connectivity index (χ3n) is 3.73. The van der Waals surface area contributed by atoms with Crippen molar-refractivity contribution in [1.82, 2.24) is 19.9 Å². The Hall–Kier alpha value is -2.90. The average Bonchev–Trinajstić information content (AvgIpc) is 2.57. The van der Waals surface area contributed by atoms with Crippen LogP contribution in [0.2, 0.25) is 0 Å². The van der Waals surface area contributed by atoms with E-state index in [1.54, 1.807) is 0 Å². The number of nitrogens with one attached hydrogen (secondary N) is 2.